The fraction of sp³-hybridized carbons (Fsp3) is 0.588. The third-order valence-corrected chi connectivity index (χ3v) is 4.46. The molecular weight excluding hydrogens is 262 g/mol. The van der Waals surface area contributed by atoms with Crippen molar-refractivity contribution in [3.63, 3.8) is 0 Å². The predicted octanol–water partition coefficient (Wildman–Crippen LogP) is 3.40. The van der Waals surface area contributed by atoms with Crippen molar-refractivity contribution in [3.05, 3.63) is 23.8 Å². The van der Waals surface area contributed by atoms with Gasteiger partial charge in [-0.15, -0.1) is 0 Å². The van der Waals surface area contributed by atoms with Gasteiger partial charge in [-0.25, -0.2) is 0 Å². The molecule has 4 heteroatoms. The van der Waals surface area contributed by atoms with E-state index in [9.17, 15) is 4.79 Å². The molecule has 0 saturated heterocycles. The third kappa shape index (κ3) is 3.69. The topological polar surface area (TPSA) is 67.2 Å². The van der Waals surface area contributed by atoms with Crippen LogP contribution in [-0.4, -0.2) is 18.5 Å². The quantitative estimate of drug-likeness (QED) is 0.744. The first-order chi connectivity index (χ1) is 9.94. The summed E-state index contributed by atoms with van der Waals surface area (Å²) in [5.41, 5.74) is 8.34. The summed E-state index contributed by atoms with van der Waals surface area (Å²) < 4.78 is 0. The molecule has 4 N–H and O–H groups in total. The Hall–Kier alpha value is -1.71. The number of nitrogens with one attached hydrogen (secondary N) is 2. The van der Waals surface area contributed by atoms with Crippen LogP contribution >= 0.6 is 0 Å². The average Bonchev–Trinajstić information content (AvgIpc) is 2.41. The lowest BCUT2D eigenvalue weighted by Crippen LogP contribution is -2.39. The Morgan fingerprint density at radius 2 is 2.14 bits per heavy atom. The van der Waals surface area contributed by atoms with Crippen LogP contribution in [0.4, 0.5) is 11.4 Å². The Balaban J connectivity index is 2.25. The van der Waals surface area contributed by atoms with E-state index in [4.69, 9.17) is 5.73 Å². The van der Waals surface area contributed by atoms with Crippen LogP contribution in [0.1, 0.15) is 56.8 Å². The molecular formula is C17H27N3O. The molecule has 2 rings (SSSR count). The minimum Gasteiger partial charge on any atom is -0.399 e. The lowest BCUT2D eigenvalue weighted by molar-refractivity contribution is 0.0956. The van der Waals surface area contributed by atoms with Crippen LogP contribution in [-0.2, 0) is 0 Å². The van der Waals surface area contributed by atoms with Gasteiger partial charge in [0, 0.05) is 24.0 Å². The van der Waals surface area contributed by atoms with E-state index in [1.807, 2.05) is 13.0 Å². The number of hydrogen-bond donors (Lipinski definition) is 3. The van der Waals surface area contributed by atoms with Crippen LogP contribution < -0.4 is 16.4 Å². The van der Waals surface area contributed by atoms with Gasteiger partial charge in [0.05, 0.1) is 5.56 Å². The van der Waals surface area contributed by atoms with Gasteiger partial charge in [-0.05, 0) is 43.4 Å². The van der Waals surface area contributed by atoms with Gasteiger partial charge in [0.2, 0.25) is 0 Å². The maximum absolute atomic E-state index is 12.2. The van der Waals surface area contributed by atoms with Crippen LogP contribution in [0.15, 0.2) is 18.2 Å². The first-order valence-electron chi connectivity index (χ1n) is 7.88. The number of rotatable bonds is 4. The fourth-order valence-corrected chi connectivity index (χ4v) is 3.08. The zero-order valence-corrected chi connectivity index (χ0v) is 13.3. The van der Waals surface area contributed by atoms with Crippen molar-refractivity contribution in [2.24, 2.45) is 5.41 Å². The van der Waals surface area contributed by atoms with Crippen molar-refractivity contribution in [2.75, 3.05) is 17.6 Å². The average molecular weight is 289 g/mol. The van der Waals surface area contributed by atoms with Crippen molar-refractivity contribution >= 4 is 17.3 Å². The monoisotopic (exact) mass is 289 g/mol. The highest BCUT2D eigenvalue weighted by molar-refractivity contribution is 6.00. The van der Waals surface area contributed by atoms with Gasteiger partial charge < -0.3 is 16.4 Å². The lowest BCUT2D eigenvalue weighted by atomic mass is 9.73. The van der Waals surface area contributed by atoms with Gasteiger partial charge in [0.15, 0.2) is 0 Å². The Bertz CT molecular complexity index is 511. The molecule has 0 aliphatic heterocycles. The van der Waals surface area contributed by atoms with E-state index in [2.05, 4.69) is 24.5 Å². The van der Waals surface area contributed by atoms with Gasteiger partial charge in [-0.1, -0.05) is 26.7 Å². The molecule has 0 bridgehead atoms. The smallest absolute Gasteiger partial charge is 0.253 e. The predicted molar refractivity (Wildman–Crippen MR) is 88.5 cm³/mol. The molecule has 1 saturated carbocycles. The Labute approximate surface area is 127 Å². The summed E-state index contributed by atoms with van der Waals surface area (Å²) in [6, 6.07) is 5.83. The van der Waals surface area contributed by atoms with E-state index >= 15 is 0 Å². The maximum Gasteiger partial charge on any atom is 0.253 e. The highest BCUT2D eigenvalue weighted by atomic mass is 16.1. The molecule has 0 radical (unpaired) electrons. The number of hydrogen-bond acceptors (Lipinski definition) is 3. The number of carbonyl (C=O) groups excluding carboxylic acids is 1. The number of anilines is 2. The van der Waals surface area contributed by atoms with Crippen LogP contribution in [0.2, 0.25) is 0 Å². The van der Waals surface area contributed by atoms with Gasteiger partial charge in [-0.3, -0.25) is 4.79 Å². The molecule has 0 heterocycles. The first-order valence-corrected chi connectivity index (χ1v) is 7.88. The Morgan fingerprint density at radius 1 is 1.38 bits per heavy atom. The molecule has 1 unspecified atom stereocenters. The largest absolute Gasteiger partial charge is 0.399 e. The standard InChI is InChI=1S/C17H27N3O/c1-4-19-16(21)13-9-8-12(18)11-14(13)20-15-7-5-6-10-17(15,2)3/h8-9,11,15,20H,4-7,10,18H2,1-3H3,(H,19,21). The second kappa shape index (κ2) is 6.37. The summed E-state index contributed by atoms with van der Waals surface area (Å²) in [6.45, 7) is 7.13. The van der Waals surface area contributed by atoms with Crippen LogP contribution in [0.25, 0.3) is 0 Å². The van der Waals surface area contributed by atoms with Gasteiger partial charge in [0.25, 0.3) is 5.91 Å². The molecule has 1 aliphatic rings. The summed E-state index contributed by atoms with van der Waals surface area (Å²) in [7, 11) is 0. The van der Waals surface area contributed by atoms with Gasteiger partial charge >= 0.3 is 0 Å². The normalized spacial score (nSPS) is 20.8. The highest BCUT2D eigenvalue weighted by Crippen LogP contribution is 2.38. The summed E-state index contributed by atoms with van der Waals surface area (Å²) >= 11 is 0. The zero-order chi connectivity index (χ0) is 15.5. The molecule has 1 fully saturated rings. The summed E-state index contributed by atoms with van der Waals surface area (Å²) in [5, 5.41) is 6.44. The minimum atomic E-state index is -0.0476. The van der Waals surface area contributed by atoms with Crippen LogP contribution in [0.5, 0.6) is 0 Å². The summed E-state index contributed by atoms with van der Waals surface area (Å²) in [6.07, 6.45) is 4.87. The molecule has 1 aliphatic carbocycles. The number of amides is 1. The minimum absolute atomic E-state index is 0.0476. The maximum atomic E-state index is 12.2. The number of nitrogens with two attached hydrogens (primary N) is 1. The van der Waals surface area contributed by atoms with Gasteiger partial charge in [-0.2, -0.15) is 0 Å². The second-order valence-corrected chi connectivity index (χ2v) is 6.60. The second-order valence-electron chi connectivity index (χ2n) is 6.60. The molecule has 0 aromatic heterocycles. The Morgan fingerprint density at radius 3 is 2.81 bits per heavy atom. The van der Waals surface area contributed by atoms with E-state index in [-0.39, 0.29) is 11.3 Å². The van der Waals surface area contributed by atoms with Gasteiger partial charge in [0.1, 0.15) is 0 Å². The van der Waals surface area contributed by atoms with Crippen molar-refractivity contribution in [2.45, 2.75) is 52.5 Å². The molecule has 1 aromatic rings. The van der Waals surface area contributed by atoms with Crippen LogP contribution in [0.3, 0.4) is 0 Å². The van der Waals surface area contributed by atoms with Crippen molar-refractivity contribution < 1.29 is 4.79 Å². The van der Waals surface area contributed by atoms with E-state index in [1.54, 1.807) is 12.1 Å². The highest BCUT2D eigenvalue weighted by Gasteiger charge is 2.32. The summed E-state index contributed by atoms with van der Waals surface area (Å²) in [4.78, 5) is 12.2. The third-order valence-electron chi connectivity index (χ3n) is 4.46. The van der Waals surface area contributed by atoms with E-state index in [0.29, 0.717) is 23.8 Å². The molecule has 4 nitrogen and oxygen atoms in total. The van der Waals surface area contributed by atoms with Crippen LogP contribution in [0, 0.1) is 5.41 Å². The number of nitrogen functional groups attached to an aromatic ring is 1. The molecule has 1 atom stereocenters. The first kappa shape index (κ1) is 15.7. The van der Waals surface area contributed by atoms with E-state index in [1.165, 1.54) is 19.3 Å². The van der Waals surface area contributed by atoms with E-state index in [0.717, 1.165) is 12.1 Å². The summed E-state index contributed by atoms with van der Waals surface area (Å²) in [5.74, 6) is -0.0476. The van der Waals surface area contributed by atoms with E-state index < -0.39 is 0 Å². The Kier molecular flexibility index (Phi) is 4.76. The molecule has 116 valence electrons. The molecule has 21 heavy (non-hydrogen) atoms. The zero-order valence-electron chi connectivity index (χ0n) is 13.3. The SMILES string of the molecule is CCNC(=O)c1ccc(N)cc1NC1CCCCC1(C)C. The lowest BCUT2D eigenvalue weighted by Gasteiger charge is -2.40. The van der Waals surface area contributed by atoms with Crippen molar-refractivity contribution in [1.29, 1.82) is 0 Å². The molecule has 0 spiro atoms. The fourth-order valence-electron chi connectivity index (χ4n) is 3.08. The number of benzene rings is 1. The van der Waals surface area contributed by atoms with Crippen molar-refractivity contribution in [1.82, 2.24) is 5.32 Å². The number of carbonyl (C=O) groups is 1. The molecule has 1 amide bonds. The van der Waals surface area contributed by atoms with Crippen molar-refractivity contribution in [3.8, 4) is 0 Å². The molecule has 1 aromatic carbocycles.